The molecule has 0 radical (unpaired) electrons. The summed E-state index contributed by atoms with van der Waals surface area (Å²) >= 11 is 0. The minimum Gasteiger partial charge on any atom is -0.455 e. The fraction of sp³-hybridized carbons (Fsp3) is 0.0385. The highest BCUT2D eigenvalue weighted by molar-refractivity contribution is 6.20. The van der Waals surface area contributed by atoms with Crippen molar-refractivity contribution in [2.45, 2.75) is 6.92 Å². The molecule has 0 saturated carbocycles. The second-order valence-corrected chi connectivity index (χ2v) is 7.42. The van der Waals surface area contributed by atoms with E-state index in [1.807, 2.05) is 54.6 Å². The van der Waals surface area contributed by atoms with Gasteiger partial charge in [-0.25, -0.2) is 0 Å². The first-order chi connectivity index (χ1) is 14.7. The fourth-order valence-corrected chi connectivity index (χ4v) is 4.30. The summed E-state index contributed by atoms with van der Waals surface area (Å²) in [6.45, 7) is 1.50. The molecule has 0 spiro atoms. The second-order valence-electron chi connectivity index (χ2n) is 7.42. The maximum Gasteiger partial charge on any atom is 0.221 e. The largest absolute Gasteiger partial charge is 0.455 e. The predicted octanol–water partition coefficient (Wildman–Crippen LogP) is 7.11. The molecule has 6 aromatic rings. The number of para-hydroxylation sites is 3. The van der Waals surface area contributed by atoms with Gasteiger partial charge in [0.25, 0.3) is 0 Å². The van der Waals surface area contributed by atoms with Crippen LogP contribution in [0, 0.1) is 0 Å². The molecule has 4 nitrogen and oxygen atoms in total. The molecular weight excluding hydrogens is 374 g/mol. The molecule has 144 valence electrons. The Kier molecular flexibility index (Phi) is 3.50. The quantitative estimate of drug-likeness (QED) is 0.342. The zero-order valence-corrected chi connectivity index (χ0v) is 16.2. The summed E-state index contributed by atoms with van der Waals surface area (Å²) in [7, 11) is 0. The van der Waals surface area contributed by atoms with Gasteiger partial charge < -0.3 is 14.2 Å². The van der Waals surface area contributed by atoms with Crippen LogP contribution in [0.3, 0.4) is 0 Å². The van der Waals surface area contributed by atoms with Crippen LogP contribution in [0.15, 0.2) is 87.7 Å². The van der Waals surface area contributed by atoms with E-state index in [-0.39, 0.29) is 5.91 Å². The van der Waals surface area contributed by atoms with Gasteiger partial charge in [-0.15, -0.1) is 0 Å². The van der Waals surface area contributed by atoms with E-state index in [2.05, 4.69) is 29.6 Å². The lowest BCUT2D eigenvalue weighted by Crippen LogP contribution is -2.05. The summed E-state index contributed by atoms with van der Waals surface area (Å²) < 4.78 is 12.4. The van der Waals surface area contributed by atoms with E-state index in [1.54, 1.807) is 0 Å². The van der Waals surface area contributed by atoms with Crippen molar-refractivity contribution >= 4 is 55.5 Å². The van der Waals surface area contributed by atoms with Crippen LogP contribution in [0.5, 0.6) is 0 Å². The monoisotopic (exact) mass is 391 g/mol. The third kappa shape index (κ3) is 2.37. The molecule has 0 aliphatic rings. The highest BCUT2D eigenvalue weighted by Gasteiger charge is 2.19. The van der Waals surface area contributed by atoms with Gasteiger partial charge in [0.05, 0.1) is 5.69 Å². The summed E-state index contributed by atoms with van der Waals surface area (Å²) in [5.74, 6) is -0.135. The average molecular weight is 391 g/mol. The number of furan rings is 2. The SMILES string of the molecule is CC(=O)Nc1ccc(-c2cccc3c2oc2ccccc23)c2c1oc1ccccc12. The van der Waals surface area contributed by atoms with E-state index in [0.717, 1.165) is 49.4 Å². The maximum absolute atomic E-state index is 11.7. The van der Waals surface area contributed by atoms with Crippen molar-refractivity contribution in [3.8, 4) is 11.1 Å². The predicted molar refractivity (Wildman–Crippen MR) is 121 cm³/mol. The Bertz CT molecular complexity index is 1600. The molecule has 4 heteroatoms. The van der Waals surface area contributed by atoms with Gasteiger partial charge in [-0.2, -0.15) is 0 Å². The Morgan fingerprint density at radius 1 is 0.667 bits per heavy atom. The Hall–Kier alpha value is -4.05. The Morgan fingerprint density at radius 3 is 2.13 bits per heavy atom. The first kappa shape index (κ1) is 16.9. The van der Waals surface area contributed by atoms with Gasteiger partial charge in [0.1, 0.15) is 16.7 Å². The third-order valence-corrected chi connectivity index (χ3v) is 5.53. The third-order valence-electron chi connectivity index (χ3n) is 5.53. The van der Waals surface area contributed by atoms with E-state index in [9.17, 15) is 4.79 Å². The molecule has 2 aromatic heterocycles. The van der Waals surface area contributed by atoms with Crippen molar-refractivity contribution in [2.24, 2.45) is 0 Å². The van der Waals surface area contributed by atoms with Crippen LogP contribution in [0.2, 0.25) is 0 Å². The molecule has 4 aromatic carbocycles. The number of nitrogens with one attached hydrogen (secondary N) is 1. The minimum absolute atomic E-state index is 0.135. The fourth-order valence-electron chi connectivity index (χ4n) is 4.30. The topological polar surface area (TPSA) is 55.4 Å². The van der Waals surface area contributed by atoms with Gasteiger partial charge in [0.2, 0.25) is 5.91 Å². The lowest BCUT2D eigenvalue weighted by molar-refractivity contribution is -0.114. The van der Waals surface area contributed by atoms with Gasteiger partial charge in [-0.1, -0.05) is 60.7 Å². The summed E-state index contributed by atoms with van der Waals surface area (Å²) in [4.78, 5) is 11.7. The standard InChI is InChI=1S/C26H17NO3/c1-15(28)27-21-14-13-17(24-20-8-3-5-12-23(20)30-26(21)24)19-10-6-9-18-16-7-2-4-11-22(16)29-25(18)19/h2-14H,1H3,(H,27,28). The van der Waals surface area contributed by atoms with Crippen molar-refractivity contribution in [2.75, 3.05) is 5.32 Å². The summed E-state index contributed by atoms with van der Waals surface area (Å²) in [5, 5.41) is 7.03. The molecule has 1 amide bonds. The van der Waals surface area contributed by atoms with Crippen LogP contribution in [-0.2, 0) is 4.79 Å². The second kappa shape index (κ2) is 6.22. The molecule has 0 aliphatic heterocycles. The molecule has 2 heterocycles. The number of carbonyl (C=O) groups excluding carboxylic acids is 1. The molecular formula is C26H17NO3. The van der Waals surface area contributed by atoms with Gasteiger partial charge in [0, 0.05) is 34.0 Å². The van der Waals surface area contributed by atoms with Gasteiger partial charge in [-0.3, -0.25) is 4.79 Å². The number of benzene rings is 4. The molecule has 0 atom stereocenters. The number of hydrogen-bond donors (Lipinski definition) is 1. The van der Waals surface area contributed by atoms with Crippen LogP contribution in [0.25, 0.3) is 55.0 Å². The van der Waals surface area contributed by atoms with Crippen molar-refractivity contribution in [3.05, 3.63) is 78.9 Å². The van der Waals surface area contributed by atoms with Crippen molar-refractivity contribution < 1.29 is 13.6 Å². The molecule has 0 bridgehead atoms. The van der Waals surface area contributed by atoms with Crippen molar-refractivity contribution in [1.82, 2.24) is 0 Å². The molecule has 1 N–H and O–H groups in total. The first-order valence-electron chi connectivity index (χ1n) is 9.83. The Balaban J connectivity index is 1.74. The zero-order valence-electron chi connectivity index (χ0n) is 16.2. The normalized spacial score (nSPS) is 11.6. The summed E-state index contributed by atoms with van der Waals surface area (Å²) in [5.41, 5.74) is 5.82. The Labute approximate surface area is 171 Å². The van der Waals surface area contributed by atoms with Gasteiger partial charge in [-0.05, 0) is 23.8 Å². The van der Waals surface area contributed by atoms with Crippen LogP contribution < -0.4 is 5.32 Å². The average Bonchev–Trinajstić information content (AvgIpc) is 3.33. The highest BCUT2D eigenvalue weighted by Crippen LogP contribution is 2.43. The number of anilines is 1. The van der Waals surface area contributed by atoms with E-state index >= 15 is 0 Å². The van der Waals surface area contributed by atoms with E-state index < -0.39 is 0 Å². The zero-order chi connectivity index (χ0) is 20.2. The lowest BCUT2D eigenvalue weighted by atomic mass is 9.97. The van der Waals surface area contributed by atoms with E-state index in [1.165, 1.54) is 6.92 Å². The molecule has 6 rings (SSSR count). The lowest BCUT2D eigenvalue weighted by Gasteiger charge is -2.09. The molecule has 30 heavy (non-hydrogen) atoms. The molecule has 0 fully saturated rings. The van der Waals surface area contributed by atoms with Crippen LogP contribution in [0.1, 0.15) is 6.92 Å². The number of hydrogen-bond acceptors (Lipinski definition) is 3. The highest BCUT2D eigenvalue weighted by atomic mass is 16.3. The van der Waals surface area contributed by atoms with Gasteiger partial charge >= 0.3 is 0 Å². The first-order valence-corrected chi connectivity index (χ1v) is 9.83. The van der Waals surface area contributed by atoms with Crippen molar-refractivity contribution in [3.63, 3.8) is 0 Å². The number of amides is 1. The smallest absolute Gasteiger partial charge is 0.221 e. The summed E-state index contributed by atoms with van der Waals surface area (Å²) in [6.07, 6.45) is 0. The van der Waals surface area contributed by atoms with Crippen LogP contribution in [-0.4, -0.2) is 5.91 Å². The maximum atomic E-state index is 11.7. The summed E-state index contributed by atoms with van der Waals surface area (Å²) in [6, 6.07) is 26.1. The van der Waals surface area contributed by atoms with E-state index in [4.69, 9.17) is 8.83 Å². The van der Waals surface area contributed by atoms with Crippen LogP contribution >= 0.6 is 0 Å². The minimum atomic E-state index is -0.135. The van der Waals surface area contributed by atoms with E-state index in [0.29, 0.717) is 11.3 Å². The van der Waals surface area contributed by atoms with Gasteiger partial charge in [0.15, 0.2) is 5.58 Å². The molecule has 0 unspecified atom stereocenters. The molecule has 0 aliphatic carbocycles. The number of fused-ring (bicyclic) bond motifs is 6. The van der Waals surface area contributed by atoms with Crippen molar-refractivity contribution in [1.29, 1.82) is 0 Å². The molecule has 0 saturated heterocycles. The van der Waals surface area contributed by atoms with Crippen LogP contribution in [0.4, 0.5) is 5.69 Å². The number of rotatable bonds is 2. The number of carbonyl (C=O) groups is 1. The Morgan fingerprint density at radius 2 is 1.33 bits per heavy atom.